The number of halogens is 2. The van der Waals surface area contributed by atoms with Gasteiger partial charge in [0.1, 0.15) is 22.8 Å². The Balaban J connectivity index is 1.87. The van der Waals surface area contributed by atoms with Crippen molar-refractivity contribution in [1.82, 2.24) is 0 Å². The molecule has 0 bridgehead atoms. The maximum Gasteiger partial charge on any atom is 0.296 e. The van der Waals surface area contributed by atoms with Crippen LogP contribution in [0.25, 0.3) is 0 Å². The molecule has 0 spiro atoms. The molecule has 1 aliphatic rings. The van der Waals surface area contributed by atoms with Gasteiger partial charge in [0.05, 0.1) is 21.4 Å². The third-order valence-electron chi connectivity index (χ3n) is 3.89. The van der Waals surface area contributed by atoms with Crippen LogP contribution in [0.4, 0.5) is 11.4 Å². The minimum atomic E-state index is -4.49. The molecule has 0 radical (unpaired) electrons. The molecule has 1 aliphatic heterocycles. The lowest BCUT2D eigenvalue weighted by Crippen LogP contribution is -2.43. The zero-order valence-electron chi connectivity index (χ0n) is 14.0. The van der Waals surface area contributed by atoms with Crippen LogP contribution >= 0.6 is 23.2 Å². The van der Waals surface area contributed by atoms with Crippen molar-refractivity contribution in [3.8, 4) is 0 Å². The number of azo groups is 1. The lowest BCUT2D eigenvalue weighted by Gasteiger charge is -2.21. The van der Waals surface area contributed by atoms with Crippen molar-refractivity contribution in [2.24, 2.45) is 21.1 Å². The summed E-state index contributed by atoms with van der Waals surface area (Å²) in [7, 11) is -4.49. The molecule has 3 N–H and O–H groups in total. The molecule has 27 heavy (non-hydrogen) atoms. The topological polar surface area (TPSA) is 121 Å². The molecular weight excluding hydrogens is 413 g/mol. The maximum atomic E-state index is 11.3. The molecule has 2 aromatic carbocycles. The van der Waals surface area contributed by atoms with Crippen LogP contribution < -0.4 is 10.7 Å². The Bertz CT molecular complexity index is 1030. The highest BCUT2D eigenvalue weighted by Gasteiger charge is 2.33. The molecule has 8 nitrogen and oxygen atoms in total. The van der Waals surface area contributed by atoms with Crippen LogP contribution in [0.2, 0.25) is 10.0 Å². The smallest absolute Gasteiger partial charge is 0.296 e. The number of hydrogen-bond donors (Lipinski definition) is 2. The third kappa shape index (κ3) is 4.12. The quantitative estimate of drug-likeness (QED) is 0.566. The number of para-hydroxylation sites is 1. The van der Waals surface area contributed by atoms with E-state index in [1.54, 1.807) is 11.9 Å². The molecule has 2 atom stereocenters. The van der Waals surface area contributed by atoms with Crippen LogP contribution in [0.1, 0.15) is 6.92 Å². The second kappa shape index (κ2) is 7.53. The number of hydrogen-bond acceptors (Lipinski definition) is 7. The molecule has 0 unspecified atom stereocenters. The van der Waals surface area contributed by atoms with E-state index in [0.29, 0.717) is 5.71 Å². The van der Waals surface area contributed by atoms with Crippen LogP contribution in [0.15, 0.2) is 62.7 Å². The molecule has 0 saturated carbocycles. The van der Waals surface area contributed by atoms with Crippen molar-refractivity contribution in [1.29, 1.82) is 0 Å². The molecule has 0 fully saturated rings. The summed E-state index contributed by atoms with van der Waals surface area (Å²) in [5, 5.41) is 14.1. The Morgan fingerprint density at radius 2 is 1.85 bits per heavy atom. The van der Waals surface area contributed by atoms with Crippen molar-refractivity contribution in [3.63, 3.8) is 0 Å². The number of nitrogens with two attached hydrogens (primary N) is 1. The first-order chi connectivity index (χ1) is 12.7. The van der Waals surface area contributed by atoms with Gasteiger partial charge in [0.15, 0.2) is 0 Å². The van der Waals surface area contributed by atoms with Gasteiger partial charge in [0.25, 0.3) is 10.1 Å². The van der Waals surface area contributed by atoms with Gasteiger partial charge >= 0.3 is 0 Å². The minimum Gasteiger partial charge on any atom is -0.307 e. The van der Waals surface area contributed by atoms with Crippen LogP contribution in [0.5, 0.6) is 0 Å². The summed E-state index contributed by atoms with van der Waals surface area (Å²) in [6.07, 6.45) is -0.567. The standard InChI is InChI=1S/C16H15Cl2N5O3S/c1-9-15(16(19)23(22-9)10-5-3-2-4-6-10)21-20-13-7-12(18)14(8-11(13)17)27(24,25)26/h2-8,15-16H,19H2,1H3,(H,24,25,26)/t15-,16+/m1/s1. The van der Waals surface area contributed by atoms with Gasteiger partial charge in [-0.1, -0.05) is 41.4 Å². The predicted molar refractivity (Wildman–Crippen MR) is 105 cm³/mol. The molecule has 142 valence electrons. The number of rotatable bonds is 4. The number of anilines is 1. The van der Waals surface area contributed by atoms with Crippen LogP contribution in [0, 0.1) is 0 Å². The van der Waals surface area contributed by atoms with Crippen LogP contribution in [0.3, 0.4) is 0 Å². The van der Waals surface area contributed by atoms with Crippen molar-refractivity contribution >= 4 is 50.4 Å². The second-order valence-electron chi connectivity index (χ2n) is 5.78. The molecule has 0 aromatic heterocycles. The Kier molecular flexibility index (Phi) is 5.50. The zero-order chi connectivity index (χ0) is 19.8. The summed E-state index contributed by atoms with van der Waals surface area (Å²) in [6.45, 7) is 1.78. The van der Waals surface area contributed by atoms with Gasteiger partial charge in [-0.15, -0.1) is 0 Å². The zero-order valence-corrected chi connectivity index (χ0v) is 16.3. The van der Waals surface area contributed by atoms with Gasteiger partial charge in [0.2, 0.25) is 0 Å². The first-order valence-corrected chi connectivity index (χ1v) is 9.90. The lowest BCUT2D eigenvalue weighted by molar-refractivity contribution is 0.483. The third-order valence-corrected chi connectivity index (χ3v) is 5.51. The Morgan fingerprint density at radius 3 is 2.48 bits per heavy atom. The monoisotopic (exact) mass is 427 g/mol. The summed E-state index contributed by atoms with van der Waals surface area (Å²) in [5.74, 6) is 0. The number of hydrazone groups is 1. The van der Waals surface area contributed by atoms with Gasteiger partial charge < -0.3 is 5.73 Å². The summed E-state index contributed by atoms with van der Waals surface area (Å²) in [6, 6.07) is 11.1. The maximum absolute atomic E-state index is 11.3. The average molecular weight is 428 g/mol. The normalized spacial score (nSPS) is 20.3. The molecule has 3 rings (SSSR count). The minimum absolute atomic E-state index is 0.0307. The van der Waals surface area contributed by atoms with Gasteiger partial charge in [-0.05, 0) is 31.2 Å². The molecule has 0 aliphatic carbocycles. The summed E-state index contributed by atoms with van der Waals surface area (Å²) in [4.78, 5) is -0.501. The van der Waals surface area contributed by atoms with E-state index < -0.39 is 27.2 Å². The molecule has 11 heteroatoms. The SMILES string of the molecule is CC1=NN(c2ccccc2)[C@H](N)[C@@H]1N=Nc1cc(Cl)c(S(=O)(=O)O)cc1Cl. The molecule has 0 amide bonds. The molecule has 2 aromatic rings. The van der Waals surface area contributed by atoms with Crippen molar-refractivity contribution in [2.45, 2.75) is 24.0 Å². The van der Waals surface area contributed by atoms with E-state index in [4.69, 9.17) is 33.5 Å². The largest absolute Gasteiger partial charge is 0.307 e. The predicted octanol–water partition coefficient (Wildman–Crippen LogP) is 3.87. The van der Waals surface area contributed by atoms with Gasteiger partial charge in [-0.25, -0.2) is 5.01 Å². The lowest BCUT2D eigenvalue weighted by atomic mass is 10.2. The first kappa shape index (κ1) is 19.7. The van der Waals surface area contributed by atoms with E-state index in [1.807, 2.05) is 30.3 Å². The van der Waals surface area contributed by atoms with Crippen molar-refractivity contribution < 1.29 is 13.0 Å². The van der Waals surface area contributed by atoms with Gasteiger partial charge in [0, 0.05) is 0 Å². The Labute approximate surface area is 166 Å². The Morgan fingerprint density at radius 1 is 1.19 bits per heavy atom. The van der Waals surface area contributed by atoms with E-state index >= 15 is 0 Å². The summed E-state index contributed by atoms with van der Waals surface area (Å²) < 4.78 is 31.7. The molecule has 1 heterocycles. The fraction of sp³-hybridized carbons (Fsp3) is 0.188. The number of benzene rings is 2. The van der Waals surface area contributed by atoms with Crippen molar-refractivity contribution in [3.05, 3.63) is 52.5 Å². The van der Waals surface area contributed by atoms with E-state index in [1.165, 1.54) is 6.07 Å². The molecule has 0 saturated heterocycles. The summed E-state index contributed by atoms with van der Waals surface area (Å²) >= 11 is 11.9. The van der Waals surface area contributed by atoms with E-state index in [2.05, 4.69) is 15.3 Å². The van der Waals surface area contributed by atoms with Crippen LogP contribution in [-0.2, 0) is 10.1 Å². The number of nitrogens with zero attached hydrogens (tertiary/aromatic N) is 4. The second-order valence-corrected chi connectivity index (χ2v) is 7.99. The molecular formula is C16H15Cl2N5O3S. The van der Waals surface area contributed by atoms with Crippen LogP contribution in [-0.4, -0.2) is 30.9 Å². The summed E-state index contributed by atoms with van der Waals surface area (Å²) in [5.41, 5.74) is 7.87. The Hall–Kier alpha value is -2.04. The van der Waals surface area contributed by atoms with E-state index in [0.717, 1.165) is 11.8 Å². The highest BCUT2D eigenvalue weighted by atomic mass is 35.5. The van der Waals surface area contributed by atoms with E-state index in [9.17, 15) is 8.42 Å². The van der Waals surface area contributed by atoms with Gasteiger partial charge in [-0.2, -0.15) is 23.7 Å². The average Bonchev–Trinajstić information content (AvgIpc) is 2.89. The van der Waals surface area contributed by atoms with Crippen molar-refractivity contribution in [2.75, 3.05) is 5.01 Å². The highest BCUT2D eigenvalue weighted by molar-refractivity contribution is 7.86. The fourth-order valence-corrected chi connectivity index (χ4v) is 3.84. The highest BCUT2D eigenvalue weighted by Crippen LogP contribution is 2.34. The fourth-order valence-electron chi connectivity index (χ4n) is 2.56. The van der Waals surface area contributed by atoms with E-state index in [-0.39, 0.29) is 15.7 Å². The van der Waals surface area contributed by atoms with Gasteiger partial charge in [-0.3, -0.25) is 4.55 Å². The first-order valence-electron chi connectivity index (χ1n) is 7.71.